The Hall–Kier alpha value is -2.34. The summed E-state index contributed by atoms with van der Waals surface area (Å²) in [6.07, 6.45) is 3.25. The summed E-state index contributed by atoms with van der Waals surface area (Å²) in [7, 11) is 1.56. The molecule has 1 fully saturated rings. The number of hydrogen-bond acceptors (Lipinski definition) is 5. The van der Waals surface area contributed by atoms with Crippen molar-refractivity contribution in [1.29, 1.82) is 0 Å². The summed E-state index contributed by atoms with van der Waals surface area (Å²) >= 11 is 0. The van der Waals surface area contributed by atoms with Crippen molar-refractivity contribution < 1.29 is 13.9 Å². The van der Waals surface area contributed by atoms with Gasteiger partial charge >= 0.3 is 0 Å². The van der Waals surface area contributed by atoms with Crippen molar-refractivity contribution >= 4 is 5.91 Å². The molecule has 116 valence electrons. The zero-order chi connectivity index (χ0) is 15.4. The van der Waals surface area contributed by atoms with Crippen molar-refractivity contribution in [2.45, 2.75) is 6.54 Å². The Morgan fingerprint density at radius 3 is 2.68 bits per heavy atom. The molecule has 0 N–H and O–H groups in total. The van der Waals surface area contributed by atoms with Crippen molar-refractivity contribution in [2.24, 2.45) is 0 Å². The molecule has 0 bridgehead atoms. The van der Waals surface area contributed by atoms with E-state index in [-0.39, 0.29) is 5.91 Å². The summed E-state index contributed by atoms with van der Waals surface area (Å²) in [4.78, 5) is 20.7. The van der Waals surface area contributed by atoms with Gasteiger partial charge in [0.2, 0.25) is 5.88 Å². The summed E-state index contributed by atoms with van der Waals surface area (Å²) in [6.45, 7) is 3.91. The van der Waals surface area contributed by atoms with E-state index in [1.807, 2.05) is 17.0 Å². The van der Waals surface area contributed by atoms with Crippen molar-refractivity contribution in [3.8, 4) is 5.88 Å². The lowest BCUT2D eigenvalue weighted by molar-refractivity contribution is 0.0620. The van der Waals surface area contributed by atoms with E-state index in [0.717, 1.165) is 25.4 Å². The molecule has 6 heteroatoms. The number of aromatic nitrogens is 1. The minimum Gasteiger partial charge on any atom is -0.481 e. The van der Waals surface area contributed by atoms with Gasteiger partial charge in [-0.1, -0.05) is 0 Å². The number of nitrogens with zero attached hydrogens (tertiary/aromatic N) is 3. The molecule has 2 aromatic heterocycles. The fourth-order valence-electron chi connectivity index (χ4n) is 2.54. The molecule has 0 atom stereocenters. The molecule has 0 saturated carbocycles. The number of pyridine rings is 1. The van der Waals surface area contributed by atoms with Gasteiger partial charge in [-0.2, -0.15) is 0 Å². The first kappa shape index (κ1) is 14.6. The Kier molecular flexibility index (Phi) is 4.39. The van der Waals surface area contributed by atoms with Crippen LogP contribution in [0.4, 0.5) is 0 Å². The average molecular weight is 301 g/mol. The van der Waals surface area contributed by atoms with Gasteiger partial charge in [-0.15, -0.1) is 0 Å². The summed E-state index contributed by atoms with van der Waals surface area (Å²) in [6, 6.07) is 7.33. The second-order valence-electron chi connectivity index (χ2n) is 5.24. The molecule has 22 heavy (non-hydrogen) atoms. The highest BCUT2D eigenvalue weighted by molar-refractivity contribution is 5.94. The lowest BCUT2D eigenvalue weighted by atomic mass is 10.2. The van der Waals surface area contributed by atoms with Crippen LogP contribution in [0.25, 0.3) is 0 Å². The molecule has 1 amide bonds. The molecule has 6 nitrogen and oxygen atoms in total. The van der Waals surface area contributed by atoms with Crippen LogP contribution in [0, 0.1) is 0 Å². The van der Waals surface area contributed by atoms with Gasteiger partial charge in [-0.3, -0.25) is 9.69 Å². The first-order chi connectivity index (χ1) is 10.8. The van der Waals surface area contributed by atoms with Crippen molar-refractivity contribution in [3.05, 3.63) is 48.0 Å². The van der Waals surface area contributed by atoms with Crippen LogP contribution in [0.1, 0.15) is 16.1 Å². The number of ether oxygens (including phenoxy) is 1. The maximum Gasteiger partial charge on any atom is 0.255 e. The summed E-state index contributed by atoms with van der Waals surface area (Å²) < 4.78 is 10.4. The molecule has 1 aliphatic heterocycles. The smallest absolute Gasteiger partial charge is 0.255 e. The third-order valence-corrected chi connectivity index (χ3v) is 3.81. The minimum absolute atomic E-state index is 0.0211. The van der Waals surface area contributed by atoms with Gasteiger partial charge in [0.15, 0.2) is 0 Å². The molecule has 3 heterocycles. The zero-order valence-corrected chi connectivity index (χ0v) is 12.6. The topological polar surface area (TPSA) is 58.8 Å². The first-order valence-electron chi connectivity index (χ1n) is 7.30. The lowest BCUT2D eigenvalue weighted by Crippen LogP contribution is -2.48. The SMILES string of the molecule is COc1ccc(C(=O)N2CCN(Cc3ccco3)CC2)cn1. The summed E-state index contributed by atoms with van der Waals surface area (Å²) in [5, 5.41) is 0. The molecular formula is C16H19N3O3. The van der Waals surface area contributed by atoms with E-state index >= 15 is 0 Å². The van der Waals surface area contributed by atoms with Crippen LogP contribution in [-0.4, -0.2) is 54.0 Å². The van der Waals surface area contributed by atoms with Crippen LogP contribution in [0.15, 0.2) is 41.1 Å². The van der Waals surface area contributed by atoms with Gasteiger partial charge < -0.3 is 14.1 Å². The number of amides is 1. The van der Waals surface area contributed by atoms with Gasteiger partial charge in [0, 0.05) is 38.4 Å². The third-order valence-electron chi connectivity index (χ3n) is 3.81. The van der Waals surface area contributed by atoms with Crippen LogP contribution in [0.5, 0.6) is 5.88 Å². The van der Waals surface area contributed by atoms with Crippen molar-refractivity contribution in [1.82, 2.24) is 14.8 Å². The molecule has 3 rings (SSSR count). The highest BCUT2D eigenvalue weighted by Crippen LogP contribution is 2.13. The largest absolute Gasteiger partial charge is 0.481 e. The number of rotatable bonds is 4. The second kappa shape index (κ2) is 6.62. The molecular weight excluding hydrogens is 282 g/mol. The lowest BCUT2D eigenvalue weighted by Gasteiger charge is -2.34. The first-order valence-corrected chi connectivity index (χ1v) is 7.30. The Bertz CT molecular complexity index is 602. The van der Waals surface area contributed by atoms with Crippen LogP contribution in [0.3, 0.4) is 0 Å². The zero-order valence-electron chi connectivity index (χ0n) is 12.6. The van der Waals surface area contributed by atoms with Crippen LogP contribution >= 0.6 is 0 Å². The van der Waals surface area contributed by atoms with Crippen LogP contribution in [-0.2, 0) is 6.54 Å². The van der Waals surface area contributed by atoms with E-state index < -0.39 is 0 Å². The van der Waals surface area contributed by atoms with E-state index in [0.29, 0.717) is 24.5 Å². The van der Waals surface area contributed by atoms with E-state index in [2.05, 4.69) is 9.88 Å². The quantitative estimate of drug-likeness (QED) is 0.859. The standard InChI is InChI=1S/C16H19N3O3/c1-21-15-5-4-13(11-17-15)16(20)19-8-6-18(7-9-19)12-14-3-2-10-22-14/h2-5,10-11H,6-9,12H2,1H3. The van der Waals surface area contributed by atoms with Crippen LogP contribution in [0.2, 0.25) is 0 Å². The highest BCUT2D eigenvalue weighted by atomic mass is 16.5. The van der Waals surface area contributed by atoms with Gasteiger partial charge in [-0.25, -0.2) is 4.98 Å². The maximum absolute atomic E-state index is 12.4. The number of furan rings is 1. The van der Waals surface area contributed by atoms with Gasteiger partial charge in [-0.05, 0) is 18.2 Å². The van der Waals surface area contributed by atoms with Crippen molar-refractivity contribution in [3.63, 3.8) is 0 Å². The Morgan fingerprint density at radius 2 is 2.09 bits per heavy atom. The van der Waals surface area contributed by atoms with E-state index in [4.69, 9.17) is 9.15 Å². The Morgan fingerprint density at radius 1 is 1.27 bits per heavy atom. The number of piperazine rings is 1. The Balaban J connectivity index is 1.54. The maximum atomic E-state index is 12.4. The normalized spacial score (nSPS) is 15.8. The number of carbonyl (C=O) groups excluding carboxylic acids is 1. The van der Waals surface area contributed by atoms with E-state index in [1.54, 1.807) is 31.7 Å². The fraction of sp³-hybridized carbons (Fsp3) is 0.375. The summed E-state index contributed by atoms with van der Waals surface area (Å²) in [5.74, 6) is 1.49. The van der Waals surface area contributed by atoms with Crippen molar-refractivity contribution in [2.75, 3.05) is 33.3 Å². The molecule has 2 aromatic rings. The number of methoxy groups -OCH3 is 1. The molecule has 1 saturated heterocycles. The molecule has 0 aliphatic carbocycles. The van der Waals surface area contributed by atoms with E-state index in [1.165, 1.54) is 0 Å². The van der Waals surface area contributed by atoms with Gasteiger partial charge in [0.1, 0.15) is 5.76 Å². The molecule has 1 aliphatic rings. The third kappa shape index (κ3) is 3.28. The number of hydrogen-bond donors (Lipinski definition) is 0. The van der Waals surface area contributed by atoms with Crippen LogP contribution < -0.4 is 4.74 Å². The number of carbonyl (C=O) groups is 1. The molecule has 0 aromatic carbocycles. The summed E-state index contributed by atoms with van der Waals surface area (Å²) in [5.41, 5.74) is 0.597. The predicted octanol–water partition coefficient (Wildman–Crippen LogP) is 1.64. The van der Waals surface area contributed by atoms with Gasteiger partial charge in [0.05, 0.1) is 25.5 Å². The monoisotopic (exact) mass is 301 g/mol. The molecule has 0 unspecified atom stereocenters. The minimum atomic E-state index is 0.0211. The predicted molar refractivity (Wildman–Crippen MR) is 80.7 cm³/mol. The molecule has 0 radical (unpaired) electrons. The van der Waals surface area contributed by atoms with Gasteiger partial charge in [0.25, 0.3) is 5.91 Å². The highest BCUT2D eigenvalue weighted by Gasteiger charge is 2.22. The molecule has 0 spiro atoms. The van der Waals surface area contributed by atoms with E-state index in [9.17, 15) is 4.79 Å². The fourth-order valence-corrected chi connectivity index (χ4v) is 2.54. The second-order valence-corrected chi connectivity index (χ2v) is 5.24. The Labute approximate surface area is 129 Å². The average Bonchev–Trinajstić information content (AvgIpc) is 3.08.